The molecule has 2 rings (SSSR count). The molecule has 0 aliphatic heterocycles. The third-order valence-corrected chi connectivity index (χ3v) is 4.05. The van der Waals surface area contributed by atoms with E-state index in [0.717, 1.165) is 24.6 Å². The van der Waals surface area contributed by atoms with Crippen LogP contribution < -0.4 is 10.6 Å². The zero-order valence-corrected chi connectivity index (χ0v) is 14.6. The molecule has 10 heteroatoms. The molecule has 2 aromatic rings. The van der Waals surface area contributed by atoms with Crippen LogP contribution in [0.4, 0.5) is 4.79 Å². The second kappa shape index (κ2) is 9.24. The minimum Gasteiger partial charge on any atom is -0.338 e. The van der Waals surface area contributed by atoms with Crippen molar-refractivity contribution in [3.8, 4) is 5.69 Å². The lowest BCUT2D eigenvalue weighted by atomic mass is 10.3. The molecule has 1 aromatic heterocycles. The molecule has 0 saturated carbocycles. The summed E-state index contributed by atoms with van der Waals surface area (Å²) in [5, 5.41) is 17.2. The van der Waals surface area contributed by atoms with E-state index in [1.54, 1.807) is 24.3 Å². The summed E-state index contributed by atoms with van der Waals surface area (Å²) in [6.45, 7) is 2.56. The maximum Gasteiger partial charge on any atom is 0.321 e. The molecule has 0 bridgehead atoms. The number of halogens is 1. The lowest BCUT2D eigenvalue weighted by molar-refractivity contribution is -0.117. The normalized spacial score (nSPS) is 10.4. The molecular formula is C14H17ClN6O2S. The number of hydrogen-bond acceptors (Lipinski definition) is 6. The molecule has 128 valence electrons. The van der Waals surface area contributed by atoms with Crippen molar-refractivity contribution in [3.05, 3.63) is 29.3 Å². The molecule has 24 heavy (non-hydrogen) atoms. The molecule has 8 nitrogen and oxygen atoms in total. The van der Waals surface area contributed by atoms with E-state index in [0.29, 0.717) is 22.4 Å². The maximum absolute atomic E-state index is 11.8. The Morgan fingerprint density at radius 1 is 1.38 bits per heavy atom. The Balaban J connectivity index is 1.88. The molecule has 2 N–H and O–H groups in total. The summed E-state index contributed by atoms with van der Waals surface area (Å²) in [4.78, 5) is 23.3. The molecular weight excluding hydrogens is 352 g/mol. The van der Waals surface area contributed by atoms with Gasteiger partial charge < -0.3 is 5.32 Å². The second-order valence-corrected chi connectivity index (χ2v) is 6.18. The van der Waals surface area contributed by atoms with Gasteiger partial charge in [0.2, 0.25) is 11.1 Å². The Bertz CT molecular complexity index is 708. The van der Waals surface area contributed by atoms with Gasteiger partial charge in [0.25, 0.3) is 0 Å². The zero-order valence-electron chi connectivity index (χ0n) is 13.0. The van der Waals surface area contributed by atoms with Crippen molar-refractivity contribution in [2.24, 2.45) is 0 Å². The van der Waals surface area contributed by atoms with Gasteiger partial charge in [0.05, 0.1) is 11.4 Å². The van der Waals surface area contributed by atoms with E-state index in [9.17, 15) is 9.59 Å². The van der Waals surface area contributed by atoms with E-state index in [-0.39, 0.29) is 5.75 Å². The fourth-order valence-electron chi connectivity index (χ4n) is 1.75. The number of benzene rings is 1. The van der Waals surface area contributed by atoms with Crippen LogP contribution in [-0.2, 0) is 4.79 Å². The fourth-order valence-corrected chi connectivity index (χ4v) is 2.63. The van der Waals surface area contributed by atoms with E-state index in [1.165, 1.54) is 4.68 Å². The van der Waals surface area contributed by atoms with Crippen molar-refractivity contribution < 1.29 is 9.59 Å². The molecule has 0 saturated heterocycles. The third-order valence-electron chi connectivity index (χ3n) is 2.89. The number of tetrazole rings is 1. The predicted octanol–water partition coefficient (Wildman–Crippen LogP) is 2.03. The summed E-state index contributed by atoms with van der Waals surface area (Å²) >= 11 is 7.08. The minimum atomic E-state index is -0.497. The summed E-state index contributed by atoms with van der Waals surface area (Å²) in [5.41, 5.74) is 0.688. The number of nitrogens with one attached hydrogen (secondary N) is 2. The van der Waals surface area contributed by atoms with Gasteiger partial charge in [0.1, 0.15) is 0 Å². The van der Waals surface area contributed by atoms with Gasteiger partial charge in [-0.3, -0.25) is 10.1 Å². The predicted molar refractivity (Wildman–Crippen MR) is 91.3 cm³/mol. The molecule has 0 fully saturated rings. The molecule has 0 aliphatic rings. The van der Waals surface area contributed by atoms with E-state index in [4.69, 9.17) is 11.6 Å². The summed E-state index contributed by atoms with van der Waals surface area (Å²) in [6.07, 6.45) is 1.83. The molecule has 0 radical (unpaired) electrons. The van der Waals surface area contributed by atoms with Crippen molar-refractivity contribution >= 4 is 35.3 Å². The second-order valence-electron chi connectivity index (χ2n) is 4.80. The van der Waals surface area contributed by atoms with Crippen LogP contribution in [-0.4, -0.2) is 44.4 Å². The van der Waals surface area contributed by atoms with Crippen molar-refractivity contribution in [1.82, 2.24) is 30.8 Å². The highest BCUT2D eigenvalue weighted by Crippen LogP contribution is 2.20. The molecule has 3 amide bonds. The molecule has 0 aliphatic carbocycles. The Morgan fingerprint density at radius 3 is 2.96 bits per heavy atom. The zero-order chi connectivity index (χ0) is 17.4. The van der Waals surface area contributed by atoms with Crippen molar-refractivity contribution in [2.45, 2.75) is 24.9 Å². The lowest BCUT2D eigenvalue weighted by Gasteiger charge is -2.06. The molecule has 0 atom stereocenters. The van der Waals surface area contributed by atoms with Crippen LogP contribution in [0.2, 0.25) is 5.02 Å². The minimum absolute atomic E-state index is 0.0160. The smallest absolute Gasteiger partial charge is 0.321 e. The number of aromatic nitrogens is 4. The lowest BCUT2D eigenvalue weighted by Crippen LogP contribution is -2.40. The highest BCUT2D eigenvalue weighted by molar-refractivity contribution is 7.99. The number of hydrogen-bond donors (Lipinski definition) is 2. The fraction of sp³-hybridized carbons (Fsp3) is 0.357. The SMILES string of the molecule is CCCCNC(=O)NC(=O)CSc1nnnn1-c1cccc(Cl)c1. The first-order valence-electron chi connectivity index (χ1n) is 7.35. The van der Waals surface area contributed by atoms with E-state index >= 15 is 0 Å². The number of rotatable bonds is 7. The van der Waals surface area contributed by atoms with Crippen molar-refractivity contribution in [3.63, 3.8) is 0 Å². The highest BCUT2D eigenvalue weighted by Gasteiger charge is 2.13. The molecule has 0 spiro atoms. The first kappa shape index (κ1) is 18.2. The summed E-state index contributed by atoms with van der Waals surface area (Å²) in [6, 6.07) is 6.54. The maximum atomic E-state index is 11.8. The van der Waals surface area contributed by atoms with Gasteiger partial charge in [-0.05, 0) is 35.0 Å². The van der Waals surface area contributed by atoms with E-state index in [2.05, 4.69) is 26.2 Å². The topological polar surface area (TPSA) is 102 Å². The van der Waals surface area contributed by atoms with Crippen LogP contribution in [0, 0.1) is 0 Å². The number of imide groups is 1. The van der Waals surface area contributed by atoms with Crippen molar-refractivity contribution in [2.75, 3.05) is 12.3 Å². The van der Waals surface area contributed by atoms with Gasteiger partial charge in [-0.15, -0.1) is 5.10 Å². The Labute approximate surface area is 148 Å². The van der Waals surface area contributed by atoms with Crippen LogP contribution >= 0.6 is 23.4 Å². The summed E-state index contributed by atoms with van der Waals surface area (Å²) in [5.74, 6) is -0.406. The van der Waals surface area contributed by atoms with Gasteiger partial charge in [0, 0.05) is 11.6 Å². The van der Waals surface area contributed by atoms with Crippen LogP contribution in [0.3, 0.4) is 0 Å². The Morgan fingerprint density at radius 2 is 2.21 bits per heavy atom. The molecule has 1 heterocycles. The average Bonchev–Trinajstić information content (AvgIpc) is 3.01. The average molecular weight is 369 g/mol. The number of unbranched alkanes of at least 4 members (excludes halogenated alkanes) is 1. The van der Waals surface area contributed by atoms with Crippen LogP contribution in [0.1, 0.15) is 19.8 Å². The number of carbonyl (C=O) groups excluding carboxylic acids is 2. The standard InChI is InChI=1S/C14H17ClN6O2S/c1-2-3-7-16-13(23)17-12(22)9-24-14-18-19-20-21(14)11-6-4-5-10(15)8-11/h4-6,8H,2-3,7,9H2,1H3,(H2,16,17,22,23). The van der Waals surface area contributed by atoms with Gasteiger partial charge in [-0.2, -0.15) is 4.68 Å². The molecule has 1 aromatic carbocycles. The van der Waals surface area contributed by atoms with E-state index < -0.39 is 11.9 Å². The monoisotopic (exact) mass is 368 g/mol. The van der Waals surface area contributed by atoms with Gasteiger partial charge in [-0.1, -0.05) is 42.8 Å². The number of nitrogens with zero attached hydrogens (tertiary/aromatic N) is 4. The number of thioether (sulfide) groups is 1. The van der Waals surface area contributed by atoms with Crippen LogP contribution in [0.15, 0.2) is 29.4 Å². The Hall–Kier alpha value is -2.13. The highest BCUT2D eigenvalue weighted by atomic mass is 35.5. The van der Waals surface area contributed by atoms with Crippen molar-refractivity contribution in [1.29, 1.82) is 0 Å². The number of amides is 3. The van der Waals surface area contributed by atoms with Crippen LogP contribution in [0.5, 0.6) is 0 Å². The van der Waals surface area contributed by atoms with Gasteiger partial charge in [0.15, 0.2) is 0 Å². The van der Waals surface area contributed by atoms with Crippen LogP contribution in [0.25, 0.3) is 5.69 Å². The Kier molecular flexibility index (Phi) is 7.01. The molecule has 0 unspecified atom stereocenters. The number of carbonyl (C=O) groups is 2. The first-order chi connectivity index (χ1) is 11.6. The number of urea groups is 1. The van der Waals surface area contributed by atoms with E-state index in [1.807, 2.05) is 6.92 Å². The third kappa shape index (κ3) is 5.50. The summed E-state index contributed by atoms with van der Waals surface area (Å²) in [7, 11) is 0. The summed E-state index contributed by atoms with van der Waals surface area (Å²) < 4.78 is 1.48. The largest absolute Gasteiger partial charge is 0.338 e. The first-order valence-corrected chi connectivity index (χ1v) is 8.71. The quantitative estimate of drug-likeness (QED) is 0.572. The van der Waals surface area contributed by atoms with Gasteiger partial charge >= 0.3 is 6.03 Å². The van der Waals surface area contributed by atoms with Gasteiger partial charge in [-0.25, -0.2) is 4.79 Å².